The molecule has 5 heteroatoms. The lowest BCUT2D eigenvalue weighted by Crippen LogP contribution is -2.17. The number of hydrogen-bond acceptors (Lipinski definition) is 4. The number of rotatable bonds is 3. The molecule has 2 rings (SSSR count). The number of oxime groups is 1. The van der Waals surface area contributed by atoms with Crippen LogP contribution >= 0.6 is 0 Å². The molecule has 0 aliphatic heterocycles. The molecule has 0 spiro atoms. The molecule has 0 aliphatic rings. The number of hydrogen-bond donors (Lipinski definition) is 2. The van der Waals surface area contributed by atoms with Gasteiger partial charge < -0.3 is 15.7 Å². The molecule has 0 aliphatic carbocycles. The molecule has 0 saturated heterocycles. The number of para-hydroxylation sites is 1. The highest BCUT2D eigenvalue weighted by atomic mass is 16.5. The molecular weight excluding hydrogens is 266 g/mol. The summed E-state index contributed by atoms with van der Waals surface area (Å²) in [5.41, 5.74) is 6.95. The van der Waals surface area contributed by atoms with Crippen LogP contribution in [0.3, 0.4) is 0 Å². The van der Waals surface area contributed by atoms with E-state index >= 15 is 0 Å². The Kier molecular flexibility index (Phi) is 4.12. The second-order valence-electron chi connectivity index (χ2n) is 5.68. The largest absolute Gasteiger partial charge is 0.455 e. The lowest BCUT2D eigenvalue weighted by atomic mass is 9.86. The molecule has 3 N–H and O–H groups in total. The van der Waals surface area contributed by atoms with Crippen molar-refractivity contribution >= 4 is 5.84 Å². The third-order valence-electron chi connectivity index (χ3n) is 3.04. The highest BCUT2D eigenvalue weighted by molar-refractivity contribution is 5.97. The first-order valence-corrected chi connectivity index (χ1v) is 6.64. The molecule has 110 valence electrons. The molecular formula is C16H19N3O2. The Morgan fingerprint density at radius 2 is 1.81 bits per heavy atom. The smallest absolute Gasteiger partial charge is 0.192 e. The zero-order valence-electron chi connectivity index (χ0n) is 12.4. The first-order chi connectivity index (χ1) is 9.93. The molecule has 5 nitrogen and oxygen atoms in total. The fraction of sp³-hybridized carbons (Fsp3) is 0.250. The fourth-order valence-corrected chi connectivity index (χ4v) is 2.01. The van der Waals surface area contributed by atoms with Crippen molar-refractivity contribution in [3.05, 3.63) is 53.9 Å². The molecule has 1 heterocycles. The summed E-state index contributed by atoms with van der Waals surface area (Å²) >= 11 is 0. The number of ether oxygens (including phenoxy) is 1. The standard InChI is InChI=1S/C16H19N3O2/c1-16(2,3)11-7-4-5-8-12(11)21-13-9-6-10-18-14(13)15(17)19-20/h4-10,20H,1-3H3,(H2,17,19). The zero-order chi connectivity index (χ0) is 15.5. The van der Waals surface area contributed by atoms with Crippen LogP contribution < -0.4 is 10.5 Å². The molecule has 1 aromatic carbocycles. The van der Waals surface area contributed by atoms with E-state index in [0.717, 1.165) is 11.3 Å². The number of amidine groups is 1. The van der Waals surface area contributed by atoms with Crippen LogP contribution in [0.1, 0.15) is 32.0 Å². The third kappa shape index (κ3) is 3.31. The summed E-state index contributed by atoms with van der Waals surface area (Å²) in [5, 5.41) is 11.8. The van der Waals surface area contributed by atoms with Crippen molar-refractivity contribution < 1.29 is 9.94 Å². The van der Waals surface area contributed by atoms with Gasteiger partial charge in [-0.25, -0.2) is 4.98 Å². The maximum Gasteiger partial charge on any atom is 0.192 e. The molecule has 0 amide bonds. The van der Waals surface area contributed by atoms with E-state index in [1.807, 2.05) is 24.3 Å². The van der Waals surface area contributed by atoms with Gasteiger partial charge in [0.25, 0.3) is 0 Å². The lowest BCUT2D eigenvalue weighted by Gasteiger charge is -2.22. The van der Waals surface area contributed by atoms with Gasteiger partial charge in [-0.2, -0.15) is 0 Å². The molecule has 0 radical (unpaired) electrons. The SMILES string of the molecule is CC(C)(C)c1ccccc1Oc1cccnc1/C(N)=N/O. The number of aromatic nitrogens is 1. The molecule has 0 fully saturated rings. The highest BCUT2D eigenvalue weighted by Gasteiger charge is 2.20. The van der Waals surface area contributed by atoms with Crippen LogP contribution in [0.15, 0.2) is 47.8 Å². The summed E-state index contributed by atoms with van der Waals surface area (Å²) in [6.45, 7) is 6.34. The zero-order valence-corrected chi connectivity index (χ0v) is 12.4. The van der Waals surface area contributed by atoms with Crippen LogP contribution in [0.4, 0.5) is 0 Å². The van der Waals surface area contributed by atoms with Gasteiger partial charge in [-0.15, -0.1) is 0 Å². The molecule has 2 aromatic rings. The van der Waals surface area contributed by atoms with Crippen LogP contribution in [0, 0.1) is 0 Å². The average Bonchev–Trinajstić information content (AvgIpc) is 2.46. The summed E-state index contributed by atoms with van der Waals surface area (Å²) in [5.74, 6) is 1.09. The lowest BCUT2D eigenvalue weighted by molar-refractivity contribution is 0.318. The Morgan fingerprint density at radius 1 is 1.14 bits per heavy atom. The minimum atomic E-state index is -0.0844. The van der Waals surface area contributed by atoms with E-state index in [-0.39, 0.29) is 11.3 Å². The number of nitrogens with zero attached hydrogens (tertiary/aromatic N) is 2. The quantitative estimate of drug-likeness (QED) is 0.392. The van der Waals surface area contributed by atoms with Crippen molar-refractivity contribution in [1.29, 1.82) is 0 Å². The molecule has 0 saturated carbocycles. The predicted molar refractivity (Wildman–Crippen MR) is 82.0 cm³/mol. The van der Waals surface area contributed by atoms with E-state index < -0.39 is 0 Å². The summed E-state index contributed by atoms with van der Waals surface area (Å²) in [6.07, 6.45) is 1.57. The maximum absolute atomic E-state index is 8.83. The Labute approximate surface area is 124 Å². The van der Waals surface area contributed by atoms with Gasteiger partial charge in [0.05, 0.1) is 0 Å². The van der Waals surface area contributed by atoms with E-state index in [9.17, 15) is 0 Å². The summed E-state index contributed by atoms with van der Waals surface area (Å²) < 4.78 is 5.96. The van der Waals surface area contributed by atoms with Crippen LogP contribution in [0.5, 0.6) is 11.5 Å². The summed E-state index contributed by atoms with van der Waals surface area (Å²) in [6, 6.07) is 11.3. The van der Waals surface area contributed by atoms with Crippen molar-refractivity contribution in [3.63, 3.8) is 0 Å². The van der Waals surface area contributed by atoms with Gasteiger partial charge in [0.2, 0.25) is 0 Å². The van der Waals surface area contributed by atoms with Crippen LogP contribution in [0.25, 0.3) is 0 Å². The second kappa shape index (κ2) is 5.83. The first kappa shape index (κ1) is 14.8. The van der Waals surface area contributed by atoms with E-state index in [4.69, 9.17) is 15.7 Å². The summed E-state index contributed by atoms with van der Waals surface area (Å²) in [4.78, 5) is 4.10. The van der Waals surface area contributed by atoms with Gasteiger partial charge in [0.15, 0.2) is 17.3 Å². The van der Waals surface area contributed by atoms with E-state index in [2.05, 4.69) is 30.9 Å². The molecule has 1 aromatic heterocycles. The molecule has 21 heavy (non-hydrogen) atoms. The topological polar surface area (TPSA) is 80.7 Å². The highest BCUT2D eigenvalue weighted by Crippen LogP contribution is 2.34. The van der Waals surface area contributed by atoms with Gasteiger partial charge in [0.1, 0.15) is 5.75 Å². The van der Waals surface area contributed by atoms with Crippen molar-refractivity contribution in [3.8, 4) is 11.5 Å². The van der Waals surface area contributed by atoms with Crippen molar-refractivity contribution in [2.24, 2.45) is 10.9 Å². The molecule has 0 unspecified atom stereocenters. The Bertz CT molecular complexity index is 661. The van der Waals surface area contributed by atoms with Crippen molar-refractivity contribution in [1.82, 2.24) is 4.98 Å². The fourth-order valence-electron chi connectivity index (χ4n) is 2.01. The average molecular weight is 285 g/mol. The normalized spacial score (nSPS) is 12.2. The Hall–Kier alpha value is -2.56. The number of benzene rings is 1. The van der Waals surface area contributed by atoms with Gasteiger partial charge >= 0.3 is 0 Å². The van der Waals surface area contributed by atoms with Gasteiger partial charge in [-0.3, -0.25) is 0 Å². The van der Waals surface area contributed by atoms with Crippen LogP contribution in [0.2, 0.25) is 0 Å². The minimum absolute atomic E-state index is 0.0599. The van der Waals surface area contributed by atoms with Gasteiger partial charge in [-0.1, -0.05) is 44.1 Å². The minimum Gasteiger partial charge on any atom is -0.455 e. The van der Waals surface area contributed by atoms with Crippen molar-refractivity contribution in [2.75, 3.05) is 0 Å². The van der Waals surface area contributed by atoms with Crippen molar-refractivity contribution in [2.45, 2.75) is 26.2 Å². The second-order valence-corrected chi connectivity index (χ2v) is 5.68. The third-order valence-corrected chi connectivity index (χ3v) is 3.04. The van der Waals surface area contributed by atoms with E-state index in [0.29, 0.717) is 11.4 Å². The first-order valence-electron chi connectivity index (χ1n) is 6.64. The van der Waals surface area contributed by atoms with Gasteiger partial charge in [-0.05, 0) is 23.6 Å². The van der Waals surface area contributed by atoms with E-state index in [1.165, 1.54) is 0 Å². The van der Waals surface area contributed by atoms with Crippen LogP contribution in [-0.2, 0) is 5.41 Å². The maximum atomic E-state index is 8.83. The van der Waals surface area contributed by atoms with E-state index in [1.54, 1.807) is 18.3 Å². The summed E-state index contributed by atoms with van der Waals surface area (Å²) in [7, 11) is 0. The van der Waals surface area contributed by atoms with Crippen LogP contribution in [-0.4, -0.2) is 16.0 Å². The monoisotopic (exact) mass is 285 g/mol. The van der Waals surface area contributed by atoms with Gasteiger partial charge in [0, 0.05) is 11.8 Å². The Morgan fingerprint density at radius 3 is 2.48 bits per heavy atom. The molecule has 0 atom stereocenters. The number of nitrogens with two attached hydrogens (primary N) is 1. The molecule has 0 bridgehead atoms. The predicted octanol–water partition coefficient (Wildman–Crippen LogP) is 3.27. The Balaban J connectivity index is 2.45. The number of pyridine rings is 1.